The molecule has 2 heterocycles. The van der Waals surface area contributed by atoms with Crippen LogP contribution in [0.5, 0.6) is 11.5 Å². The lowest BCUT2D eigenvalue weighted by atomic mass is 9.94. The van der Waals surface area contributed by atoms with Crippen LogP contribution in [0.25, 0.3) is 0 Å². The zero-order valence-electron chi connectivity index (χ0n) is 13.4. The van der Waals surface area contributed by atoms with Crippen molar-refractivity contribution in [2.45, 2.75) is 12.6 Å². The van der Waals surface area contributed by atoms with Crippen molar-refractivity contribution in [3.05, 3.63) is 23.3 Å². The Bertz CT molecular complexity index is 569. The van der Waals surface area contributed by atoms with Crippen molar-refractivity contribution in [2.24, 2.45) is 0 Å². The summed E-state index contributed by atoms with van der Waals surface area (Å²) in [5, 5.41) is 9.63. The molecule has 2 aliphatic rings. The second-order valence-electron chi connectivity index (χ2n) is 5.65. The van der Waals surface area contributed by atoms with Gasteiger partial charge in [0.15, 0.2) is 0 Å². The molecular weight excluding hydrogens is 300 g/mol. The van der Waals surface area contributed by atoms with E-state index < -0.39 is 6.09 Å². The van der Waals surface area contributed by atoms with E-state index in [2.05, 4.69) is 4.90 Å². The van der Waals surface area contributed by atoms with Crippen LogP contribution in [0.4, 0.5) is 4.79 Å². The summed E-state index contributed by atoms with van der Waals surface area (Å²) < 4.78 is 16.3. The van der Waals surface area contributed by atoms with Gasteiger partial charge in [0.2, 0.25) is 0 Å². The quantitative estimate of drug-likeness (QED) is 0.911. The number of hydrogen-bond acceptors (Lipinski definition) is 5. The normalized spacial score (nSPS) is 21.7. The first kappa shape index (κ1) is 15.9. The average Bonchev–Trinajstić information content (AvgIpc) is 2.60. The fourth-order valence-corrected chi connectivity index (χ4v) is 3.36. The summed E-state index contributed by atoms with van der Waals surface area (Å²) in [6.45, 7) is 3.07. The molecule has 126 valence electrons. The molecule has 23 heavy (non-hydrogen) atoms. The van der Waals surface area contributed by atoms with Crippen LogP contribution >= 0.6 is 0 Å². The third-order valence-electron chi connectivity index (χ3n) is 4.47. The van der Waals surface area contributed by atoms with Gasteiger partial charge >= 0.3 is 6.09 Å². The summed E-state index contributed by atoms with van der Waals surface area (Å²) in [6.07, 6.45) is -0.609. The van der Waals surface area contributed by atoms with Crippen LogP contribution in [-0.4, -0.2) is 68.1 Å². The highest BCUT2D eigenvalue weighted by Crippen LogP contribution is 2.41. The Morgan fingerprint density at radius 3 is 2.57 bits per heavy atom. The molecule has 1 N–H and O–H groups in total. The summed E-state index contributed by atoms with van der Waals surface area (Å²) in [5.41, 5.74) is 2.00. The number of rotatable bonds is 3. The summed E-state index contributed by atoms with van der Waals surface area (Å²) in [4.78, 5) is 15.4. The Labute approximate surface area is 135 Å². The van der Waals surface area contributed by atoms with E-state index >= 15 is 0 Å². The highest BCUT2D eigenvalue weighted by atomic mass is 16.5. The number of carbonyl (C=O) groups is 1. The first-order chi connectivity index (χ1) is 11.2. The van der Waals surface area contributed by atoms with Gasteiger partial charge in [0.25, 0.3) is 0 Å². The lowest BCUT2D eigenvalue weighted by molar-refractivity contribution is -0.0330. The summed E-state index contributed by atoms with van der Waals surface area (Å²) >= 11 is 0. The van der Waals surface area contributed by atoms with Crippen LogP contribution in [0.3, 0.4) is 0 Å². The molecule has 1 aromatic carbocycles. The smallest absolute Gasteiger partial charge is 0.408 e. The zero-order valence-corrected chi connectivity index (χ0v) is 13.4. The number of ether oxygens (including phenoxy) is 3. The number of fused-ring (bicyclic) bond motifs is 1. The van der Waals surface area contributed by atoms with Crippen molar-refractivity contribution >= 4 is 6.09 Å². The van der Waals surface area contributed by atoms with E-state index in [4.69, 9.17) is 14.2 Å². The molecule has 1 aromatic rings. The molecule has 0 radical (unpaired) electrons. The van der Waals surface area contributed by atoms with Crippen LogP contribution in [0.1, 0.15) is 17.3 Å². The molecule has 0 aliphatic carbocycles. The summed E-state index contributed by atoms with van der Waals surface area (Å²) in [7, 11) is 3.22. The summed E-state index contributed by atoms with van der Waals surface area (Å²) in [5.74, 6) is 1.40. The maximum Gasteiger partial charge on any atom is 0.408 e. The second kappa shape index (κ2) is 6.64. The predicted octanol–water partition coefficient (Wildman–Crippen LogP) is 1.57. The monoisotopic (exact) mass is 322 g/mol. The fraction of sp³-hybridized carbons (Fsp3) is 0.562. The first-order valence-electron chi connectivity index (χ1n) is 7.72. The molecule has 1 unspecified atom stereocenters. The SMILES string of the molecule is COc1cc2c(c(OC)c1)C(N1CCOCC1)N(C(=O)O)CC2. The number of benzene rings is 1. The van der Waals surface area contributed by atoms with Gasteiger partial charge in [-0.1, -0.05) is 0 Å². The third kappa shape index (κ3) is 2.94. The van der Waals surface area contributed by atoms with Crippen LogP contribution < -0.4 is 9.47 Å². The zero-order chi connectivity index (χ0) is 16.4. The van der Waals surface area contributed by atoms with E-state index in [1.807, 2.05) is 12.1 Å². The maximum absolute atomic E-state index is 11.7. The molecular formula is C16H22N2O5. The van der Waals surface area contributed by atoms with Gasteiger partial charge in [0.1, 0.15) is 17.7 Å². The van der Waals surface area contributed by atoms with Gasteiger partial charge in [-0.15, -0.1) is 0 Å². The van der Waals surface area contributed by atoms with Crippen molar-refractivity contribution < 1.29 is 24.1 Å². The minimum Gasteiger partial charge on any atom is -0.497 e. The second-order valence-corrected chi connectivity index (χ2v) is 5.65. The molecule has 1 fully saturated rings. The molecule has 0 bridgehead atoms. The van der Waals surface area contributed by atoms with Crippen molar-refractivity contribution in [1.29, 1.82) is 0 Å². The van der Waals surface area contributed by atoms with E-state index in [-0.39, 0.29) is 6.17 Å². The van der Waals surface area contributed by atoms with Crippen LogP contribution in [0.15, 0.2) is 12.1 Å². The molecule has 3 rings (SSSR count). The van der Waals surface area contributed by atoms with Gasteiger partial charge in [-0.3, -0.25) is 9.80 Å². The van der Waals surface area contributed by atoms with Gasteiger partial charge in [-0.05, 0) is 18.1 Å². The van der Waals surface area contributed by atoms with E-state index in [0.717, 1.165) is 16.9 Å². The maximum atomic E-state index is 11.7. The number of morpholine rings is 1. The van der Waals surface area contributed by atoms with E-state index in [0.29, 0.717) is 45.0 Å². The van der Waals surface area contributed by atoms with E-state index in [1.165, 1.54) is 4.90 Å². The molecule has 7 heteroatoms. The van der Waals surface area contributed by atoms with Gasteiger partial charge in [-0.25, -0.2) is 4.79 Å². The standard InChI is InChI=1S/C16H22N2O5/c1-21-12-9-11-3-4-18(16(19)20)15(14(11)13(10-12)22-2)17-5-7-23-8-6-17/h9-10,15H,3-8H2,1-2H3,(H,19,20). The number of amides is 1. The predicted molar refractivity (Wildman–Crippen MR) is 83.1 cm³/mol. The Balaban J connectivity index is 2.08. The van der Waals surface area contributed by atoms with E-state index in [1.54, 1.807) is 14.2 Å². The summed E-state index contributed by atoms with van der Waals surface area (Å²) in [6, 6.07) is 3.79. The first-order valence-corrected chi connectivity index (χ1v) is 7.72. The lowest BCUT2D eigenvalue weighted by Gasteiger charge is -2.44. The molecule has 0 saturated carbocycles. The minimum atomic E-state index is -0.912. The van der Waals surface area contributed by atoms with Gasteiger partial charge in [0.05, 0.1) is 27.4 Å². The van der Waals surface area contributed by atoms with E-state index in [9.17, 15) is 9.90 Å². The molecule has 1 amide bonds. The van der Waals surface area contributed by atoms with Gasteiger partial charge in [0, 0.05) is 31.3 Å². The lowest BCUT2D eigenvalue weighted by Crippen LogP contribution is -2.51. The van der Waals surface area contributed by atoms with Crippen molar-refractivity contribution in [3.8, 4) is 11.5 Å². The Morgan fingerprint density at radius 2 is 1.96 bits per heavy atom. The number of nitrogens with zero attached hydrogens (tertiary/aromatic N) is 2. The Hall–Kier alpha value is -1.99. The van der Waals surface area contributed by atoms with Crippen molar-refractivity contribution in [2.75, 3.05) is 47.1 Å². The van der Waals surface area contributed by atoms with Gasteiger partial charge in [-0.2, -0.15) is 0 Å². The highest BCUT2D eigenvalue weighted by molar-refractivity contribution is 5.67. The molecule has 1 saturated heterocycles. The number of hydrogen-bond donors (Lipinski definition) is 1. The number of methoxy groups -OCH3 is 2. The van der Waals surface area contributed by atoms with Crippen LogP contribution in [-0.2, 0) is 11.2 Å². The Kier molecular flexibility index (Phi) is 4.58. The van der Waals surface area contributed by atoms with Crippen LogP contribution in [0, 0.1) is 0 Å². The van der Waals surface area contributed by atoms with Gasteiger partial charge < -0.3 is 19.3 Å². The third-order valence-corrected chi connectivity index (χ3v) is 4.47. The fourth-order valence-electron chi connectivity index (χ4n) is 3.36. The highest BCUT2D eigenvalue weighted by Gasteiger charge is 2.38. The number of carboxylic acid groups (broad SMARTS) is 1. The molecule has 7 nitrogen and oxygen atoms in total. The Morgan fingerprint density at radius 1 is 1.22 bits per heavy atom. The average molecular weight is 322 g/mol. The molecule has 0 spiro atoms. The molecule has 1 atom stereocenters. The molecule has 0 aromatic heterocycles. The topological polar surface area (TPSA) is 71.5 Å². The minimum absolute atomic E-state index is 0.346. The van der Waals surface area contributed by atoms with Crippen molar-refractivity contribution in [1.82, 2.24) is 9.80 Å². The van der Waals surface area contributed by atoms with Crippen molar-refractivity contribution in [3.63, 3.8) is 0 Å². The largest absolute Gasteiger partial charge is 0.497 e. The van der Waals surface area contributed by atoms with Crippen LogP contribution in [0.2, 0.25) is 0 Å². The molecule has 2 aliphatic heterocycles.